The predicted octanol–water partition coefficient (Wildman–Crippen LogP) is 3.02. The highest BCUT2D eigenvalue weighted by atomic mass is 16.1. The van der Waals surface area contributed by atoms with Gasteiger partial charge in [-0.25, -0.2) is 14.3 Å². The third-order valence-electron chi connectivity index (χ3n) is 4.98. The summed E-state index contributed by atoms with van der Waals surface area (Å²) in [5, 5.41) is 4.78. The van der Waals surface area contributed by atoms with E-state index >= 15 is 0 Å². The lowest BCUT2D eigenvalue weighted by Gasteiger charge is -2.30. The molecule has 0 atom stereocenters. The van der Waals surface area contributed by atoms with E-state index in [1.807, 2.05) is 24.3 Å². The standard InChI is InChI=1S/C20H22N6O/c1-14(2)18-22-13-17-19(27)25-10-5-9-24(20(25)23-26(17)18)11-8-15-6-4-7-16(12-15)21-3/h4,6-7,12-14H,5,8-11H2,1-2H3. The molecule has 0 spiro atoms. The van der Waals surface area contributed by atoms with Crippen molar-refractivity contribution < 1.29 is 0 Å². The summed E-state index contributed by atoms with van der Waals surface area (Å²) in [6.07, 6.45) is 3.35. The number of fused-ring (bicyclic) bond motifs is 2. The normalized spacial score (nSPS) is 13.8. The van der Waals surface area contributed by atoms with E-state index in [2.05, 4.69) is 28.6 Å². The van der Waals surface area contributed by atoms with Gasteiger partial charge in [-0.3, -0.25) is 9.36 Å². The molecule has 2 aromatic heterocycles. The lowest BCUT2D eigenvalue weighted by molar-refractivity contribution is 0.518. The van der Waals surface area contributed by atoms with Crippen LogP contribution in [0.2, 0.25) is 0 Å². The second kappa shape index (κ2) is 6.88. The molecule has 3 aromatic rings. The van der Waals surface area contributed by atoms with Gasteiger partial charge in [-0.15, -0.1) is 5.10 Å². The van der Waals surface area contributed by atoms with Gasteiger partial charge < -0.3 is 4.90 Å². The quantitative estimate of drug-likeness (QED) is 0.670. The van der Waals surface area contributed by atoms with E-state index in [1.165, 1.54) is 0 Å². The molecule has 0 bridgehead atoms. The van der Waals surface area contributed by atoms with Crippen LogP contribution in [0.3, 0.4) is 0 Å². The molecular formula is C20H22N6O. The number of nitrogens with zero attached hydrogens (tertiary/aromatic N) is 6. The van der Waals surface area contributed by atoms with Crippen molar-refractivity contribution in [2.45, 2.75) is 39.2 Å². The van der Waals surface area contributed by atoms with Crippen LogP contribution in [0, 0.1) is 6.57 Å². The Morgan fingerprint density at radius 3 is 2.93 bits per heavy atom. The molecule has 27 heavy (non-hydrogen) atoms. The van der Waals surface area contributed by atoms with E-state index in [9.17, 15) is 4.79 Å². The Morgan fingerprint density at radius 2 is 2.15 bits per heavy atom. The second-order valence-corrected chi connectivity index (χ2v) is 7.20. The van der Waals surface area contributed by atoms with Gasteiger partial charge in [0.15, 0.2) is 11.2 Å². The SMILES string of the molecule is [C-]#[N+]c1cccc(CCN2CCCn3c2nn2c(C(C)C)ncc2c3=O)c1. The van der Waals surface area contributed by atoms with Crippen molar-refractivity contribution >= 4 is 17.2 Å². The maximum Gasteiger partial charge on any atom is 0.280 e. The summed E-state index contributed by atoms with van der Waals surface area (Å²) in [5.74, 6) is 1.71. The molecule has 0 unspecified atom stereocenters. The minimum atomic E-state index is -0.0286. The molecule has 7 heteroatoms. The van der Waals surface area contributed by atoms with Crippen molar-refractivity contribution in [1.82, 2.24) is 19.2 Å². The Morgan fingerprint density at radius 1 is 1.30 bits per heavy atom. The summed E-state index contributed by atoms with van der Waals surface area (Å²) in [4.78, 5) is 23.0. The fraction of sp³-hybridized carbons (Fsp3) is 0.400. The van der Waals surface area contributed by atoms with Crippen molar-refractivity contribution in [3.8, 4) is 0 Å². The van der Waals surface area contributed by atoms with Crippen LogP contribution in [-0.2, 0) is 13.0 Å². The Balaban J connectivity index is 1.68. The molecule has 138 valence electrons. The predicted molar refractivity (Wildman–Crippen MR) is 105 cm³/mol. The van der Waals surface area contributed by atoms with Gasteiger partial charge in [-0.1, -0.05) is 43.7 Å². The zero-order valence-electron chi connectivity index (χ0n) is 15.6. The van der Waals surface area contributed by atoms with Gasteiger partial charge in [0.1, 0.15) is 5.82 Å². The number of anilines is 1. The van der Waals surface area contributed by atoms with Gasteiger partial charge in [0.25, 0.3) is 5.56 Å². The third kappa shape index (κ3) is 3.08. The van der Waals surface area contributed by atoms with Crippen LogP contribution in [0.25, 0.3) is 10.4 Å². The molecule has 0 saturated heterocycles. The molecule has 3 heterocycles. The molecule has 0 fully saturated rings. The molecule has 7 nitrogen and oxygen atoms in total. The minimum Gasteiger partial charge on any atom is -0.341 e. The Bertz CT molecular complexity index is 1090. The topological polar surface area (TPSA) is 59.8 Å². The first-order valence-corrected chi connectivity index (χ1v) is 9.28. The van der Waals surface area contributed by atoms with Crippen molar-refractivity contribution in [3.63, 3.8) is 0 Å². The van der Waals surface area contributed by atoms with Crippen LogP contribution in [0.15, 0.2) is 35.3 Å². The molecule has 0 saturated carbocycles. The summed E-state index contributed by atoms with van der Waals surface area (Å²) in [6.45, 7) is 13.6. The molecule has 0 aliphatic carbocycles. The lowest BCUT2D eigenvalue weighted by atomic mass is 10.1. The first kappa shape index (κ1) is 17.3. The van der Waals surface area contributed by atoms with Gasteiger partial charge in [0.2, 0.25) is 5.95 Å². The van der Waals surface area contributed by atoms with Gasteiger partial charge in [0.05, 0.1) is 12.8 Å². The van der Waals surface area contributed by atoms with E-state index < -0.39 is 0 Å². The van der Waals surface area contributed by atoms with Gasteiger partial charge in [-0.05, 0) is 12.8 Å². The van der Waals surface area contributed by atoms with E-state index in [4.69, 9.17) is 11.7 Å². The van der Waals surface area contributed by atoms with Crippen LogP contribution in [0.5, 0.6) is 0 Å². The summed E-state index contributed by atoms with van der Waals surface area (Å²) in [5.41, 5.74) is 2.28. The van der Waals surface area contributed by atoms with Crippen LogP contribution >= 0.6 is 0 Å². The van der Waals surface area contributed by atoms with Crippen LogP contribution in [0.1, 0.15) is 37.6 Å². The number of rotatable bonds is 4. The van der Waals surface area contributed by atoms with E-state index in [-0.39, 0.29) is 11.5 Å². The first-order chi connectivity index (χ1) is 13.1. The highest BCUT2D eigenvalue weighted by molar-refractivity contribution is 5.48. The molecule has 1 aliphatic heterocycles. The molecule has 1 aromatic carbocycles. The molecule has 0 N–H and O–H groups in total. The van der Waals surface area contributed by atoms with Crippen molar-refractivity contribution in [2.24, 2.45) is 0 Å². The summed E-state index contributed by atoms with van der Waals surface area (Å²) in [6, 6.07) is 7.69. The number of benzene rings is 1. The minimum absolute atomic E-state index is 0.0286. The maximum atomic E-state index is 12.9. The van der Waals surface area contributed by atoms with Gasteiger partial charge in [-0.2, -0.15) is 0 Å². The fourth-order valence-corrected chi connectivity index (χ4v) is 3.59. The highest BCUT2D eigenvalue weighted by Gasteiger charge is 2.23. The zero-order valence-corrected chi connectivity index (χ0v) is 15.6. The average molecular weight is 362 g/mol. The number of imidazole rings is 1. The summed E-state index contributed by atoms with van der Waals surface area (Å²) >= 11 is 0. The average Bonchev–Trinajstić information content (AvgIpc) is 3.11. The Labute approximate surface area is 157 Å². The number of hydrogen-bond acceptors (Lipinski definition) is 4. The van der Waals surface area contributed by atoms with E-state index in [1.54, 1.807) is 15.3 Å². The zero-order chi connectivity index (χ0) is 19.0. The number of hydrogen-bond donors (Lipinski definition) is 0. The maximum absolute atomic E-state index is 12.9. The number of aromatic nitrogens is 4. The molecule has 1 aliphatic rings. The van der Waals surface area contributed by atoms with Gasteiger partial charge in [0, 0.05) is 25.6 Å². The summed E-state index contributed by atoms with van der Waals surface area (Å²) < 4.78 is 3.47. The molecule has 0 radical (unpaired) electrons. The largest absolute Gasteiger partial charge is 0.341 e. The highest BCUT2D eigenvalue weighted by Crippen LogP contribution is 2.20. The van der Waals surface area contributed by atoms with Gasteiger partial charge >= 0.3 is 0 Å². The van der Waals surface area contributed by atoms with Crippen LogP contribution < -0.4 is 10.5 Å². The molecular weight excluding hydrogens is 340 g/mol. The Kier molecular flexibility index (Phi) is 4.40. The Hall–Kier alpha value is -3.14. The van der Waals surface area contributed by atoms with Crippen LogP contribution in [0.4, 0.5) is 11.6 Å². The smallest absolute Gasteiger partial charge is 0.280 e. The fourth-order valence-electron chi connectivity index (χ4n) is 3.59. The lowest BCUT2D eigenvalue weighted by Crippen LogP contribution is -2.40. The van der Waals surface area contributed by atoms with Crippen molar-refractivity contribution in [1.29, 1.82) is 0 Å². The van der Waals surface area contributed by atoms with Crippen LogP contribution in [-0.4, -0.2) is 32.3 Å². The first-order valence-electron chi connectivity index (χ1n) is 9.28. The van der Waals surface area contributed by atoms with Crippen molar-refractivity contribution in [3.05, 3.63) is 63.6 Å². The monoisotopic (exact) mass is 362 g/mol. The van der Waals surface area contributed by atoms with E-state index in [0.717, 1.165) is 37.3 Å². The third-order valence-corrected chi connectivity index (χ3v) is 4.98. The van der Waals surface area contributed by atoms with E-state index in [0.29, 0.717) is 23.7 Å². The van der Waals surface area contributed by atoms with Crippen molar-refractivity contribution in [2.75, 3.05) is 18.0 Å². The second-order valence-electron chi connectivity index (χ2n) is 7.20. The molecule has 0 amide bonds. The summed E-state index contributed by atoms with van der Waals surface area (Å²) in [7, 11) is 0. The molecule has 4 rings (SSSR count).